The summed E-state index contributed by atoms with van der Waals surface area (Å²) < 4.78 is 18.6. The minimum absolute atomic E-state index is 0.264. The molecule has 0 aliphatic rings. The average Bonchev–Trinajstić information content (AvgIpc) is 2.41. The van der Waals surface area contributed by atoms with E-state index in [1.54, 1.807) is 49.4 Å². The molecule has 0 atom stereocenters. The van der Waals surface area contributed by atoms with Gasteiger partial charge in [0.25, 0.3) is 0 Å². The number of aryl methyl sites for hydroxylation is 1. The van der Waals surface area contributed by atoms with Gasteiger partial charge in [0.15, 0.2) is 0 Å². The molecular weight excluding hydrogens is 231 g/mol. The molecule has 0 amide bonds. The summed E-state index contributed by atoms with van der Waals surface area (Å²) in [5.41, 5.74) is 2.15. The first-order valence-electron chi connectivity index (χ1n) is 5.57. The first kappa shape index (κ1) is 12.3. The number of esters is 1. The van der Waals surface area contributed by atoms with Crippen molar-refractivity contribution in [3.05, 3.63) is 59.4 Å². The first-order chi connectivity index (χ1) is 8.63. The summed E-state index contributed by atoms with van der Waals surface area (Å²) in [6.07, 6.45) is 0. The standard InChI is InChI=1S/C15H13FO2/c1-10-5-3-8-13(14(10)16)11-6-4-7-12(9-11)15(17)18-2/h3-9H,1-2H3. The monoisotopic (exact) mass is 244 g/mol. The average molecular weight is 244 g/mol. The highest BCUT2D eigenvalue weighted by atomic mass is 19.1. The van der Waals surface area contributed by atoms with Crippen LogP contribution in [0.1, 0.15) is 15.9 Å². The zero-order chi connectivity index (χ0) is 13.1. The van der Waals surface area contributed by atoms with Crippen molar-refractivity contribution >= 4 is 5.97 Å². The molecule has 0 radical (unpaired) electrons. The van der Waals surface area contributed by atoms with Crippen LogP contribution in [0.3, 0.4) is 0 Å². The number of carbonyl (C=O) groups excluding carboxylic acids is 1. The van der Waals surface area contributed by atoms with Crippen LogP contribution in [-0.4, -0.2) is 13.1 Å². The highest BCUT2D eigenvalue weighted by Gasteiger charge is 2.10. The predicted octanol–water partition coefficient (Wildman–Crippen LogP) is 3.59. The molecule has 0 aliphatic carbocycles. The Morgan fingerprint density at radius 2 is 1.89 bits per heavy atom. The van der Waals surface area contributed by atoms with E-state index >= 15 is 0 Å². The minimum atomic E-state index is -0.426. The van der Waals surface area contributed by atoms with Gasteiger partial charge in [0.05, 0.1) is 12.7 Å². The maximum atomic E-state index is 14.0. The molecule has 2 aromatic carbocycles. The minimum Gasteiger partial charge on any atom is -0.465 e. The topological polar surface area (TPSA) is 26.3 Å². The van der Waals surface area contributed by atoms with E-state index in [-0.39, 0.29) is 5.82 Å². The summed E-state index contributed by atoms with van der Waals surface area (Å²) in [5, 5.41) is 0. The van der Waals surface area contributed by atoms with Crippen molar-refractivity contribution in [2.24, 2.45) is 0 Å². The molecule has 3 heteroatoms. The lowest BCUT2D eigenvalue weighted by molar-refractivity contribution is 0.0601. The fraction of sp³-hybridized carbons (Fsp3) is 0.133. The molecule has 0 unspecified atom stereocenters. The van der Waals surface area contributed by atoms with Gasteiger partial charge >= 0.3 is 5.97 Å². The van der Waals surface area contributed by atoms with Crippen molar-refractivity contribution in [2.45, 2.75) is 6.92 Å². The molecule has 2 rings (SSSR count). The van der Waals surface area contributed by atoms with Crippen molar-refractivity contribution in [3.63, 3.8) is 0 Å². The zero-order valence-electron chi connectivity index (χ0n) is 10.2. The van der Waals surface area contributed by atoms with Crippen molar-refractivity contribution in [1.82, 2.24) is 0 Å². The number of rotatable bonds is 2. The van der Waals surface area contributed by atoms with Gasteiger partial charge in [0.2, 0.25) is 0 Å². The molecule has 0 aromatic heterocycles. The van der Waals surface area contributed by atoms with E-state index in [0.717, 1.165) is 0 Å². The van der Waals surface area contributed by atoms with Crippen LogP contribution in [0.5, 0.6) is 0 Å². The molecule has 0 N–H and O–H groups in total. The van der Waals surface area contributed by atoms with Crippen LogP contribution in [0.15, 0.2) is 42.5 Å². The fourth-order valence-corrected chi connectivity index (χ4v) is 1.80. The van der Waals surface area contributed by atoms with Crippen molar-refractivity contribution in [3.8, 4) is 11.1 Å². The number of benzene rings is 2. The maximum absolute atomic E-state index is 14.0. The van der Waals surface area contributed by atoms with Crippen LogP contribution in [0.2, 0.25) is 0 Å². The third-order valence-electron chi connectivity index (χ3n) is 2.79. The highest BCUT2D eigenvalue weighted by molar-refractivity contribution is 5.91. The molecule has 18 heavy (non-hydrogen) atoms. The highest BCUT2D eigenvalue weighted by Crippen LogP contribution is 2.25. The van der Waals surface area contributed by atoms with Crippen LogP contribution in [0, 0.1) is 12.7 Å². The van der Waals surface area contributed by atoms with E-state index in [1.165, 1.54) is 7.11 Å². The summed E-state index contributed by atoms with van der Waals surface area (Å²) >= 11 is 0. The number of hydrogen-bond donors (Lipinski definition) is 0. The Morgan fingerprint density at radius 1 is 1.17 bits per heavy atom. The smallest absolute Gasteiger partial charge is 0.337 e. The Morgan fingerprint density at radius 3 is 2.61 bits per heavy atom. The molecule has 92 valence electrons. The lowest BCUT2D eigenvalue weighted by Gasteiger charge is -2.07. The molecule has 0 heterocycles. The predicted molar refractivity (Wildman–Crippen MR) is 67.9 cm³/mol. The third kappa shape index (κ3) is 2.25. The van der Waals surface area contributed by atoms with Gasteiger partial charge in [0, 0.05) is 5.56 Å². The number of hydrogen-bond acceptors (Lipinski definition) is 2. The molecule has 0 saturated heterocycles. The summed E-state index contributed by atoms with van der Waals surface area (Å²) in [7, 11) is 1.32. The number of carbonyl (C=O) groups is 1. The van der Waals surface area contributed by atoms with Crippen molar-refractivity contribution < 1.29 is 13.9 Å². The van der Waals surface area contributed by atoms with Gasteiger partial charge in [-0.25, -0.2) is 9.18 Å². The van der Waals surface area contributed by atoms with E-state index in [1.807, 2.05) is 0 Å². The first-order valence-corrected chi connectivity index (χ1v) is 5.57. The van der Waals surface area contributed by atoms with Gasteiger partial charge < -0.3 is 4.74 Å². The van der Waals surface area contributed by atoms with E-state index in [2.05, 4.69) is 4.74 Å². The van der Waals surface area contributed by atoms with Gasteiger partial charge in [0.1, 0.15) is 5.82 Å². The van der Waals surface area contributed by atoms with E-state index in [9.17, 15) is 9.18 Å². The molecule has 0 aliphatic heterocycles. The van der Waals surface area contributed by atoms with Gasteiger partial charge in [-0.1, -0.05) is 30.3 Å². The molecular formula is C15H13FO2. The van der Waals surface area contributed by atoms with Crippen LogP contribution in [0.25, 0.3) is 11.1 Å². The second-order valence-electron chi connectivity index (χ2n) is 4.01. The second-order valence-corrected chi connectivity index (χ2v) is 4.01. The largest absolute Gasteiger partial charge is 0.465 e. The Labute approximate surface area is 105 Å². The summed E-state index contributed by atoms with van der Waals surface area (Å²) in [4.78, 5) is 11.4. The Kier molecular flexibility index (Phi) is 3.42. The maximum Gasteiger partial charge on any atom is 0.337 e. The summed E-state index contributed by atoms with van der Waals surface area (Å²) in [6.45, 7) is 1.71. The van der Waals surface area contributed by atoms with Gasteiger partial charge in [-0.15, -0.1) is 0 Å². The molecule has 0 spiro atoms. The molecule has 0 fully saturated rings. The Hall–Kier alpha value is -2.16. The van der Waals surface area contributed by atoms with Crippen LogP contribution >= 0.6 is 0 Å². The number of ether oxygens (including phenoxy) is 1. The zero-order valence-corrected chi connectivity index (χ0v) is 10.2. The normalized spacial score (nSPS) is 10.2. The third-order valence-corrected chi connectivity index (χ3v) is 2.79. The number of halogens is 1. The number of methoxy groups -OCH3 is 1. The van der Waals surface area contributed by atoms with E-state index < -0.39 is 5.97 Å². The van der Waals surface area contributed by atoms with Gasteiger partial charge in [-0.3, -0.25) is 0 Å². The van der Waals surface area contributed by atoms with Gasteiger partial charge in [-0.05, 0) is 30.2 Å². The van der Waals surface area contributed by atoms with E-state index in [0.29, 0.717) is 22.3 Å². The van der Waals surface area contributed by atoms with Crippen molar-refractivity contribution in [2.75, 3.05) is 7.11 Å². The van der Waals surface area contributed by atoms with Crippen molar-refractivity contribution in [1.29, 1.82) is 0 Å². The fourth-order valence-electron chi connectivity index (χ4n) is 1.80. The van der Waals surface area contributed by atoms with Crippen LogP contribution < -0.4 is 0 Å². The lowest BCUT2D eigenvalue weighted by atomic mass is 10.0. The van der Waals surface area contributed by atoms with Crippen LogP contribution in [0.4, 0.5) is 4.39 Å². The quantitative estimate of drug-likeness (QED) is 0.755. The summed E-state index contributed by atoms with van der Waals surface area (Å²) in [5.74, 6) is -0.690. The van der Waals surface area contributed by atoms with Crippen LogP contribution in [-0.2, 0) is 4.74 Å². The molecule has 2 nitrogen and oxygen atoms in total. The SMILES string of the molecule is COC(=O)c1cccc(-c2cccc(C)c2F)c1. The van der Waals surface area contributed by atoms with E-state index in [4.69, 9.17) is 0 Å². The Bertz CT molecular complexity index is 591. The molecule has 2 aromatic rings. The molecule has 0 saturated carbocycles. The Balaban J connectivity index is 2.51. The lowest BCUT2D eigenvalue weighted by Crippen LogP contribution is -2.01. The second kappa shape index (κ2) is 5.00. The van der Waals surface area contributed by atoms with Gasteiger partial charge in [-0.2, -0.15) is 0 Å². The summed E-state index contributed by atoms with van der Waals surface area (Å²) in [6, 6.07) is 11.9. The molecule has 0 bridgehead atoms.